The van der Waals surface area contributed by atoms with E-state index in [9.17, 15) is 17.6 Å². The smallest absolute Gasteiger partial charge is 0.264 e. The van der Waals surface area contributed by atoms with Crippen LogP contribution in [0.15, 0.2) is 17.0 Å². The summed E-state index contributed by atoms with van der Waals surface area (Å²) in [6.07, 6.45) is 2.17. The predicted octanol–water partition coefficient (Wildman–Crippen LogP) is 2.20. The Hall–Kier alpha value is -1.14. The Morgan fingerprint density at radius 3 is 2.63 bits per heavy atom. The van der Waals surface area contributed by atoms with Crippen molar-refractivity contribution in [2.45, 2.75) is 24.7 Å². The monoisotopic (exact) mass is 305 g/mol. The lowest BCUT2D eigenvalue weighted by atomic mass is 10.1. The van der Waals surface area contributed by atoms with Crippen LogP contribution in [0.25, 0.3) is 0 Å². The van der Waals surface area contributed by atoms with Crippen molar-refractivity contribution in [3.8, 4) is 0 Å². The molecule has 19 heavy (non-hydrogen) atoms. The third-order valence-corrected chi connectivity index (χ3v) is 4.32. The Labute approximate surface area is 115 Å². The van der Waals surface area contributed by atoms with Crippen LogP contribution in [0.3, 0.4) is 0 Å². The van der Waals surface area contributed by atoms with Crippen LogP contribution in [0, 0.1) is 18.7 Å². The molecule has 1 aliphatic carbocycles. The molecular weight excluding hydrogens is 293 g/mol. The second-order valence-corrected chi connectivity index (χ2v) is 7.23. The number of nitrogens with one attached hydrogen (secondary N) is 1. The van der Waals surface area contributed by atoms with Gasteiger partial charge in [0.05, 0.1) is 0 Å². The van der Waals surface area contributed by atoms with Crippen molar-refractivity contribution in [2.75, 3.05) is 6.54 Å². The Kier molecular flexibility index (Phi) is 3.82. The van der Waals surface area contributed by atoms with Crippen molar-refractivity contribution in [2.24, 2.45) is 5.92 Å². The van der Waals surface area contributed by atoms with E-state index in [1.807, 2.05) is 0 Å². The highest BCUT2D eigenvalue weighted by molar-refractivity contribution is 8.13. The SMILES string of the molecule is Cc1cc(C(=O)NCC2CC2)cc(S(=O)(=O)Cl)c1F. The zero-order valence-corrected chi connectivity index (χ0v) is 11.8. The lowest BCUT2D eigenvalue weighted by Gasteiger charge is -2.08. The second kappa shape index (κ2) is 5.09. The van der Waals surface area contributed by atoms with E-state index in [2.05, 4.69) is 5.32 Å². The highest BCUT2D eigenvalue weighted by Gasteiger charge is 2.24. The molecule has 4 nitrogen and oxygen atoms in total. The third kappa shape index (κ3) is 3.45. The van der Waals surface area contributed by atoms with Gasteiger partial charge in [0.15, 0.2) is 0 Å². The van der Waals surface area contributed by atoms with Gasteiger partial charge in [0.25, 0.3) is 15.0 Å². The van der Waals surface area contributed by atoms with Crippen molar-refractivity contribution < 1.29 is 17.6 Å². The summed E-state index contributed by atoms with van der Waals surface area (Å²) in [5.41, 5.74) is 0.164. The van der Waals surface area contributed by atoms with Gasteiger partial charge in [0.1, 0.15) is 10.7 Å². The number of hydrogen-bond donors (Lipinski definition) is 1. The zero-order valence-electron chi connectivity index (χ0n) is 10.2. The molecule has 0 aromatic heterocycles. The molecule has 1 aliphatic rings. The highest BCUT2D eigenvalue weighted by Crippen LogP contribution is 2.28. The minimum atomic E-state index is -4.21. The van der Waals surface area contributed by atoms with Gasteiger partial charge in [0, 0.05) is 22.8 Å². The first-order valence-electron chi connectivity index (χ1n) is 5.82. The van der Waals surface area contributed by atoms with Crippen LogP contribution >= 0.6 is 10.7 Å². The summed E-state index contributed by atoms with van der Waals surface area (Å²) in [5, 5.41) is 2.69. The van der Waals surface area contributed by atoms with Crippen molar-refractivity contribution >= 4 is 25.6 Å². The Balaban J connectivity index is 2.30. The molecule has 0 atom stereocenters. The lowest BCUT2D eigenvalue weighted by Crippen LogP contribution is -2.26. The molecule has 1 aromatic rings. The van der Waals surface area contributed by atoms with Crippen molar-refractivity contribution in [1.29, 1.82) is 0 Å². The van der Waals surface area contributed by atoms with Gasteiger partial charge in [-0.3, -0.25) is 4.79 Å². The van der Waals surface area contributed by atoms with E-state index >= 15 is 0 Å². The van der Waals surface area contributed by atoms with E-state index < -0.39 is 25.7 Å². The molecule has 1 amide bonds. The van der Waals surface area contributed by atoms with Crippen LogP contribution in [0.2, 0.25) is 0 Å². The molecule has 104 valence electrons. The minimum absolute atomic E-state index is 0.0679. The van der Waals surface area contributed by atoms with Crippen LogP contribution in [-0.4, -0.2) is 20.9 Å². The molecule has 1 fully saturated rings. The first-order chi connectivity index (χ1) is 8.79. The Bertz CT molecular complexity index is 626. The average molecular weight is 306 g/mol. The summed E-state index contributed by atoms with van der Waals surface area (Å²) in [5.74, 6) is -0.841. The van der Waals surface area contributed by atoms with Crippen LogP contribution in [0.1, 0.15) is 28.8 Å². The van der Waals surface area contributed by atoms with E-state index in [0.717, 1.165) is 18.9 Å². The fourth-order valence-electron chi connectivity index (χ4n) is 1.71. The Morgan fingerprint density at radius 1 is 1.47 bits per heavy atom. The van der Waals surface area contributed by atoms with E-state index in [1.54, 1.807) is 0 Å². The van der Waals surface area contributed by atoms with E-state index in [0.29, 0.717) is 12.5 Å². The summed E-state index contributed by atoms with van der Waals surface area (Å²) < 4.78 is 36.2. The molecule has 0 spiro atoms. The standard InChI is InChI=1S/C12H13ClFNO3S/c1-7-4-9(12(16)15-6-8-2-3-8)5-10(11(7)14)19(13,17)18/h4-5,8H,2-3,6H2,1H3,(H,15,16). The first-order valence-corrected chi connectivity index (χ1v) is 8.13. The number of carbonyl (C=O) groups excluding carboxylic acids is 1. The maximum atomic E-state index is 13.7. The van der Waals surface area contributed by atoms with Gasteiger partial charge in [-0.1, -0.05) is 0 Å². The van der Waals surface area contributed by atoms with Gasteiger partial charge in [-0.15, -0.1) is 0 Å². The molecule has 0 bridgehead atoms. The number of carbonyl (C=O) groups is 1. The molecular formula is C12H13ClFNO3S. The minimum Gasteiger partial charge on any atom is -0.352 e. The molecule has 0 heterocycles. The lowest BCUT2D eigenvalue weighted by molar-refractivity contribution is 0.0951. The molecule has 7 heteroatoms. The van der Waals surface area contributed by atoms with Gasteiger partial charge in [0.2, 0.25) is 0 Å². The van der Waals surface area contributed by atoms with Gasteiger partial charge >= 0.3 is 0 Å². The molecule has 1 aromatic carbocycles. The normalized spacial score (nSPS) is 15.3. The predicted molar refractivity (Wildman–Crippen MR) is 69.2 cm³/mol. The zero-order chi connectivity index (χ0) is 14.2. The fraction of sp³-hybridized carbons (Fsp3) is 0.417. The van der Waals surface area contributed by atoms with Crippen LogP contribution in [0.5, 0.6) is 0 Å². The van der Waals surface area contributed by atoms with Crippen molar-refractivity contribution in [1.82, 2.24) is 5.32 Å². The maximum Gasteiger partial charge on any atom is 0.264 e. The number of amides is 1. The largest absolute Gasteiger partial charge is 0.352 e. The van der Waals surface area contributed by atoms with Crippen molar-refractivity contribution in [3.05, 3.63) is 29.1 Å². The molecule has 1 saturated carbocycles. The van der Waals surface area contributed by atoms with Gasteiger partial charge in [-0.25, -0.2) is 12.8 Å². The second-order valence-electron chi connectivity index (χ2n) is 4.70. The van der Waals surface area contributed by atoms with Gasteiger partial charge in [-0.2, -0.15) is 0 Å². The van der Waals surface area contributed by atoms with E-state index in [1.165, 1.54) is 13.0 Å². The Morgan fingerprint density at radius 2 is 2.11 bits per heavy atom. The number of aryl methyl sites for hydroxylation is 1. The molecule has 0 aliphatic heterocycles. The molecule has 1 N–H and O–H groups in total. The van der Waals surface area contributed by atoms with Crippen LogP contribution < -0.4 is 5.32 Å². The number of hydrogen-bond acceptors (Lipinski definition) is 3. The summed E-state index contributed by atoms with van der Waals surface area (Å²) in [7, 11) is 0.937. The van der Waals surface area contributed by atoms with Gasteiger partial charge < -0.3 is 5.32 Å². The number of benzene rings is 1. The summed E-state index contributed by atoms with van der Waals surface area (Å²) in [6.45, 7) is 1.94. The number of rotatable bonds is 4. The summed E-state index contributed by atoms with van der Waals surface area (Å²) >= 11 is 0. The molecule has 2 rings (SSSR count). The average Bonchev–Trinajstić information content (AvgIpc) is 3.11. The van der Waals surface area contributed by atoms with Crippen LogP contribution in [0.4, 0.5) is 4.39 Å². The number of halogens is 2. The fourth-order valence-corrected chi connectivity index (χ4v) is 2.69. The van der Waals surface area contributed by atoms with Crippen LogP contribution in [-0.2, 0) is 9.05 Å². The molecule has 0 unspecified atom stereocenters. The maximum absolute atomic E-state index is 13.7. The summed E-state index contributed by atoms with van der Waals surface area (Å²) in [6, 6.07) is 2.27. The van der Waals surface area contributed by atoms with E-state index in [4.69, 9.17) is 10.7 Å². The summed E-state index contributed by atoms with van der Waals surface area (Å²) in [4.78, 5) is 11.2. The van der Waals surface area contributed by atoms with Gasteiger partial charge in [-0.05, 0) is 43.4 Å². The molecule has 0 saturated heterocycles. The third-order valence-electron chi connectivity index (χ3n) is 2.99. The first kappa shape index (κ1) is 14.3. The topological polar surface area (TPSA) is 63.2 Å². The van der Waals surface area contributed by atoms with Crippen molar-refractivity contribution in [3.63, 3.8) is 0 Å². The molecule has 0 radical (unpaired) electrons. The quantitative estimate of drug-likeness (QED) is 0.867. The van der Waals surface area contributed by atoms with E-state index in [-0.39, 0.29) is 11.1 Å². The highest BCUT2D eigenvalue weighted by atomic mass is 35.7.